The number of aromatic nitrogens is 5. The molecule has 0 saturated heterocycles. The lowest BCUT2D eigenvalue weighted by atomic mass is 10.0. The zero-order valence-electron chi connectivity index (χ0n) is 16.2. The van der Waals surface area contributed by atoms with Crippen LogP contribution in [0.25, 0.3) is 31.8 Å². The molecule has 0 spiro atoms. The van der Waals surface area contributed by atoms with Crippen LogP contribution in [0.15, 0.2) is 67.1 Å². The van der Waals surface area contributed by atoms with E-state index < -0.39 is 5.82 Å². The van der Waals surface area contributed by atoms with E-state index in [1.54, 1.807) is 17.1 Å². The molecule has 0 saturated carbocycles. The Morgan fingerprint density at radius 2 is 1.97 bits per heavy atom. The lowest BCUT2D eigenvalue weighted by molar-refractivity contribution is 0.604. The maximum Gasteiger partial charge on any atom is 0.223 e. The van der Waals surface area contributed by atoms with Gasteiger partial charge in [0.05, 0.1) is 23.8 Å². The van der Waals surface area contributed by atoms with Crippen molar-refractivity contribution in [1.82, 2.24) is 25.0 Å². The van der Waals surface area contributed by atoms with Gasteiger partial charge >= 0.3 is 0 Å². The molecular weight excluding hydrogens is 435 g/mol. The molecule has 6 nitrogen and oxygen atoms in total. The number of hydrogen-bond donors (Lipinski definition) is 1. The number of rotatable bonds is 6. The number of thiophene rings is 1. The molecule has 31 heavy (non-hydrogen) atoms. The second-order valence-electron chi connectivity index (χ2n) is 6.80. The predicted octanol–water partition coefficient (Wildman–Crippen LogP) is 5.52. The molecule has 9 heteroatoms. The third-order valence-corrected chi connectivity index (χ3v) is 6.30. The largest absolute Gasteiger partial charge is 0.352 e. The topological polar surface area (TPSA) is 68.5 Å². The van der Waals surface area contributed by atoms with Crippen LogP contribution >= 0.6 is 22.9 Å². The molecule has 0 atom stereocenters. The lowest BCUT2D eigenvalue weighted by Gasteiger charge is -2.06. The van der Waals surface area contributed by atoms with Gasteiger partial charge in [-0.25, -0.2) is 14.4 Å². The Bertz CT molecular complexity index is 1350. The predicted molar refractivity (Wildman–Crippen MR) is 122 cm³/mol. The van der Waals surface area contributed by atoms with Crippen LogP contribution in [0.5, 0.6) is 0 Å². The van der Waals surface area contributed by atoms with Crippen LogP contribution in [0, 0.1) is 5.82 Å². The molecule has 5 aromatic rings. The van der Waals surface area contributed by atoms with Crippen molar-refractivity contribution in [3.8, 4) is 21.7 Å². The minimum absolute atomic E-state index is 0.268. The number of halogens is 2. The fraction of sp³-hybridized carbons (Fsp3) is 0.0909. The molecule has 0 aliphatic rings. The normalized spacial score (nSPS) is 11.2. The van der Waals surface area contributed by atoms with E-state index in [4.69, 9.17) is 11.6 Å². The van der Waals surface area contributed by atoms with E-state index in [1.807, 2.05) is 48.5 Å². The van der Waals surface area contributed by atoms with E-state index in [0.29, 0.717) is 24.1 Å². The van der Waals surface area contributed by atoms with Gasteiger partial charge in [-0.15, -0.1) is 16.4 Å². The molecule has 154 valence electrons. The molecular formula is C22H16ClFN6S. The average molecular weight is 451 g/mol. The number of hydrogen-bond acceptors (Lipinski definition) is 6. The summed E-state index contributed by atoms with van der Waals surface area (Å²) in [5.74, 6) is -0.104. The van der Waals surface area contributed by atoms with Gasteiger partial charge in [-0.3, -0.25) is 4.68 Å². The first-order valence-corrected chi connectivity index (χ1v) is 10.8. The molecule has 0 unspecified atom stereocenters. The maximum atomic E-state index is 14.6. The molecule has 5 rings (SSSR count). The zero-order valence-corrected chi connectivity index (χ0v) is 17.7. The van der Waals surface area contributed by atoms with Crippen LogP contribution in [0.3, 0.4) is 0 Å². The Balaban J connectivity index is 1.48. The number of fused-ring (bicyclic) bond motifs is 1. The summed E-state index contributed by atoms with van der Waals surface area (Å²) in [6.07, 6.45) is 4.58. The van der Waals surface area contributed by atoms with Crippen LogP contribution in [0.4, 0.5) is 10.3 Å². The Hall–Kier alpha value is -3.36. The molecule has 0 amide bonds. The van der Waals surface area contributed by atoms with Crippen molar-refractivity contribution >= 4 is 39.0 Å². The zero-order chi connectivity index (χ0) is 21.2. The van der Waals surface area contributed by atoms with E-state index >= 15 is 0 Å². The van der Waals surface area contributed by atoms with Crippen molar-refractivity contribution in [2.24, 2.45) is 0 Å². The standard InChI is InChI=1S/C22H16ClFN6S/c23-17-7-2-1-5-15(17)16-6-3-4-14-12-19(31-21(14)16)20-18(24)13-26-22(28-20)25-8-10-30-11-9-27-29-30/h1-7,9,11-13H,8,10H2,(H,25,26,28). The second kappa shape index (κ2) is 8.41. The van der Waals surface area contributed by atoms with Crippen LogP contribution in [0.1, 0.15) is 0 Å². The van der Waals surface area contributed by atoms with Crippen molar-refractivity contribution < 1.29 is 4.39 Å². The van der Waals surface area contributed by atoms with Crippen molar-refractivity contribution in [1.29, 1.82) is 0 Å². The summed E-state index contributed by atoms with van der Waals surface area (Å²) in [6.45, 7) is 1.14. The van der Waals surface area contributed by atoms with E-state index in [2.05, 4.69) is 25.6 Å². The summed E-state index contributed by atoms with van der Waals surface area (Å²) in [7, 11) is 0. The highest BCUT2D eigenvalue weighted by Gasteiger charge is 2.16. The van der Waals surface area contributed by atoms with Crippen LogP contribution < -0.4 is 5.32 Å². The van der Waals surface area contributed by atoms with E-state index in [9.17, 15) is 4.39 Å². The summed E-state index contributed by atoms with van der Waals surface area (Å²) in [6, 6.07) is 15.7. The van der Waals surface area contributed by atoms with Gasteiger partial charge in [0.1, 0.15) is 5.69 Å². The first-order valence-electron chi connectivity index (χ1n) is 9.57. The average Bonchev–Trinajstić information content (AvgIpc) is 3.45. The summed E-state index contributed by atoms with van der Waals surface area (Å²) in [5, 5.41) is 12.5. The quantitative estimate of drug-likeness (QED) is 0.369. The van der Waals surface area contributed by atoms with Gasteiger partial charge in [-0.05, 0) is 17.5 Å². The van der Waals surface area contributed by atoms with Gasteiger partial charge in [-0.2, -0.15) is 0 Å². The Labute approximate surface area is 186 Å². The number of nitrogens with zero attached hydrogens (tertiary/aromatic N) is 5. The van der Waals surface area contributed by atoms with Crippen molar-refractivity contribution in [3.63, 3.8) is 0 Å². The third kappa shape index (κ3) is 3.99. The van der Waals surface area contributed by atoms with E-state index in [1.165, 1.54) is 17.5 Å². The molecule has 2 aromatic carbocycles. The van der Waals surface area contributed by atoms with Gasteiger partial charge in [0, 0.05) is 33.6 Å². The van der Waals surface area contributed by atoms with Gasteiger partial charge in [-0.1, -0.05) is 53.2 Å². The molecule has 0 fully saturated rings. The number of benzene rings is 2. The van der Waals surface area contributed by atoms with E-state index in [-0.39, 0.29) is 5.69 Å². The second-order valence-corrected chi connectivity index (χ2v) is 8.26. The fourth-order valence-electron chi connectivity index (χ4n) is 3.33. The highest BCUT2D eigenvalue weighted by Crippen LogP contribution is 2.41. The van der Waals surface area contributed by atoms with Gasteiger partial charge in [0.2, 0.25) is 5.95 Å². The highest BCUT2D eigenvalue weighted by atomic mass is 35.5. The van der Waals surface area contributed by atoms with Crippen LogP contribution in [-0.4, -0.2) is 31.5 Å². The molecule has 0 aliphatic carbocycles. The third-order valence-electron chi connectivity index (χ3n) is 4.78. The van der Waals surface area contributed by atoms with Crippen molar-refractivity contribution in [3.05, 3.63) is 78.0 Å². The molecule has 0 bridgehead atoms. The van der Waals surface area contributed by atoms with Gasteiger partial charge < -0.3 is 5.32 Å². The summed E-state index contributed by atoms with van der Waals surface area (Å²) < 4.78 is 17.4. The van der Waals surface area contributed by atoms with Crippen molar-refractivity contribution in [2.45, 2.75) is 6.54 Å². The van der Waals surface area contributed by atoms with Gasteiger partial charge in [0.25, 0.3) is 0 Å². The summed E-state index contributed by atoms with van der Waals surface area (Å²) in [4.78, 5) is 9.21. The van der Waals surface area contributed by atoms with Gasteiger partial charge in [0.15, 0.2) is 5.82 Å². The Morgan fingerprint density at radius 1 is 1.10 bits per heavy atom. The first-order chi connectivity index (χ1) is 15.2. The lowest BCUT2D eigenvalue weighted by Crippen LogP contribution is -2.13. The minimum atomic E-state index is -0.465. The Kier molecular flexibility index (Phi) is 5.31. The molecule has 3 heterocycles. The molecule has 0 radical (unpaired) electrons. The fourth-order valence-corrected chi connectivity index (χ4v) is 4.75. The first kappa shape index (κ1) is 19.6. The summed E-state index contributed by atoms with van der Waals surface area (Å²) in [5.41, 5.74) is 2.23. The molecule has 0 aliphatic heterocycles. The number of nitrogens with one attached hydrogen (secondary N) is 1. The minimum Gasteiger partial charge on any atom is -0.352 e. The van der Waals surface area contributed by atoms with Crippen LogP contribution in [0.2, 0.25) is 5.02 Å². The molecule has 1 N–H and O–H groups in total. The maximum absolute atomic E-state index is 14.6. The SMILES string of the molecule is Fc1cnc(NCCn2ccnn2)nc1-c1cc2cccc(-c3ccccc3Cl)c2s1. The Morgan fingerprint density at radius 3 is 2.81 bits per heavy atom. The van der Waals surface area contributed by atoms with Crippen molar-refractivity contribution in [2.75, 3.05) is 11.9 Å². The molecule has 3 aromatic heterocycles. The number of anilines is 1. The smallest absolute Gasteiger partial charge is 0.223 e. The summed E-state index contributed by atoms with van der Waals surface area (Å²) >= 11 is 7.91. The van der Waals surface area contributed by atoms with E-state index in [0.717, 1.165) is 26.1 Å². The van der Waals surface area contributed by atoms with Crippen LogP contribution in [-0.2, 0) is 6.54 Å². The monoisotopic (exact) mass is 450 g/mol. The highest BCUT2D eigenvalue weighted by molar-refractivity contribution is 7.22.